The van der Waals surface area contributed by atoms with Crippen molar-refractivity contribution < 1.29 is 0 Å². The maximum Gasteiger partial charge on any atom is 0.182 e. The van der Waals surface area contributed by atoms with Crippen LogP contribution in [0, 0.1) is 11.3 Å². The van der Waals surface area contributed by atoms with E-state index in [4.69, 9.17) is 13.2 Å². The summed E-state index contributed by atoms with van der Waals surface area (Å²) in [6.07, 6.45) is 4.21. The highest BCUT2D eigenvalue weighted by atomic mass is 15.0. The van der Waals surface area contributed by atoms with Crippen LogP contribution in [0.3, 0.4) is 0 Å². The molecular formula is C13H13BN2. The standard InChI is InChI=1S/C13H13BN2/c14-16-8-1-2-12(7-9-16)13-5-3-11(10-15)4-6-13/h2-6H,1,7-9H2. The van der Waals surface area contributed by atoms with Crippen molar-refractivity contribution in [2.45, 2.75) is 12.8 Å². The average molecular weight is 208 g/mol. The van der Waals surface area contributed by atoms with Crippen LogP contribution in [-0.4, -0.2) is 25.9 Å². The quantitative estimate of drug-likeness (QED) is 0.661. The van der Waals surface area contributed by atoms with Crippen molar-refractivity contribution in [2.24, 2.45) is 0 Å². The molecule has 1 aliphatic rings. The number of hydrogen-bond donors (Lipinski definition) is 0. The van der Waals surface area contributed by atoms with Crippen molar-refractivity contribution in [3.63, 3.8) is 0 Å². The number of nitrogens with zero attached hydrogens (tertiary/aromatic N) is 2. The summed E-state index contributed by atoms with van der Waals surface area (Å²) in [5.41, 5.74) is 3.24. The Bertz CT molecular complexity index is 428. The largest absolute Gasteiger partial charge is 0.353 e. The van der Waals surface area contributed by atoms with E-state index in [0.29, 0.717) is 5.56 Å². The smallest absolute Gasteiger partial charge is 0.182 e. The van der Waals surface area contributed by atoms with Crippen molar-refractivity contribution >= 4 is 13.6 Å². The molecule has 1 heterocycles. The molecule has 0 aromatic heterocycles. The minimum atomic E-state index is 0.707. The van der Waals surface area contributed by atoms with E-state index in [2.05, 4.69) is 12.1 Å². The zero-order chi connectivity index (χ0) is 11.4. The van der Waals surface area contributed by atoms with Crippen LogP contribution in [0.5, 0.6) is 0 Å². The molecule has 3 heteroatoms. The van der Waals surface area contributed by atoms with Gasteiger partial charge in [0.2, 0.25) is 0 Å². The van der Waals surface area contributed by atoms with Crippen LogP contribution in [0.4, 0.5) is 0 Å². The second-order valence-electron chi connectivity index (χ2n) is 3.99. The Hall–Kier alpha value is -1.53. The third-order valence-corrected chi connectivity index (χ3v) is 2.86. The summed E-state index contributed by atoms with van der Waals surface area (Å²) in [5, 5.41) is 8.73. The third-order valence-electron chi connectivity index (χ3n) is 2.86. The van der Waals surface area contributed by atoms with Crippen molar-refractivity contribution in [2.75, 3.05) is 13.1 Å². The summed E-state index contributed by atoms with van der Waals surface area (Å²) < 4.78 is 0. The van der Waals surface area contributed by atoms with Gasteiger partial charge >= 0.3 is 0 Å². The Morgan fingerprint density at radius 3 is 2.62 bits per heavy atom. The fraction of sp³-hybridized carbons (Fsp3) is 0.308. The van der Waals surface area contributed by atoms with Gasteiger partial charge in [0.1, 0.15) is 0 Å². The van der Waals surface area contributed by atoms with Gasteiger partial charge in [-0.3, -0.25) is 0 Å². The molecule has 0 atom stereocenters. The Balaban J connectivity index is 2.17. The number of benzene rings is 1. The molecule has 0 amide bonds. The van der Waals surface area contributed by atoms with Crippen molar-refractivity contribution in [1.82, 2.24) is 4.81 Å². The van der Waals surface area contributed by atoms with Crippen LogP contribution in [0.15, 0.2) is 30.3 Å². The molecule has 0 unspecified atom stereocenters. The van der Waals surface area contributed by atoms with Gasteiger partial charge in [-0.25, -0.2) is 0 Å². The van der Waals surface area contributed by atoms with Gasteiger partial charge in [0.15, 0.2) is 7.98 Å². The lowest BCUT2D eigenvalue weighted by molar-refractivity contribution is 0.480. The summed E-state index contributed by atoms with van der Waals surface area (Å²) in [7, 11) is 5.78. The second-order valence-corrected chi connectivity index (χ2v) is 3.99. The number of hydrogen-bond acceptors (Lipinski definition) is 2. The van der Waals surface area contributed by atoms with E-state index in [0.717, 1.165) is 25.9 Å². The summed E-state index contributed by atoms with van der Waals surface area (Å²) in [4.78, 5) is 1.85. The second kappa shape index (κ2) is 5.00. The lowest BCUT2D eigenvalue weighted by Gasteiger charge is -2.13. The molecule has 2 radical (unpaired) electrons. The molecule has 0 N–H and O–H groups in total. The van der Waals surface area contributed by atoms with Crippen LogP contribution >= 0.6 is 0 Å². The van der Waals surface area contributed by atoms with E-state index in [1.54, 1.807) is 0 Å². The normalized spacial score (nSPS) is 17.3. The molecule has 0 spiro atoms. The van der Waals surface area contributed by atoms with E-state index >= 15 is 0 Å². The molecule has 1 aromatic rings. The zero-order valence-electron chi connectivity index (χ0n) is 9.19. The highest BCUT2D eigenvalue weighted by Gasteiger charge is 2.07. The molecule has 0 aliphatic carbocycles. The van der Waals surface area contributed by atoms with Gasteiger partial charge in [0.25, 0.3) is 0 Å². The predicted octanol–water partition coefficient (Wildman–Crippen LogP) is 2.12. The first-order valence-corrected chi connectivity index (χ1v) is 5.49. The van der Waals surface area contributed by atoms with Crippen LogP contribution < -0.4 is 0 Å². The van der Waals surface area contributed by atoms with Crippen molar-refractivity contribution in [1.29, 1.82) is 5.26 Å². The van der Waals surface area contributed by atoms with Gasteiger partial charge in [-0.05, 0) is 49.2 Å². The summed E-state index contributed by atoms with van der Waals surface area (Å²) in [5.74, 6) is 0. The molecule has 0 fully saturated rings. The SMILES string of the molecule is [B]N1CCC=C(c2ccc(C#N)cc2)CC1. The molecule has 0 saturated heterocycles. The van der Waals surface area contributed by atoms with Gasteiger partial charge in [-0.1, -0.05) is 18.2 Å². The Morgan fingerprint density at radius 2 is 1.94 bits per heavy atom. The number of rotatable bonds is 1. The van der Waals surface area contributed by atoms with Crippen LogP contribution in [0.1, 0.15) is 24.0 Å². The average Bonchev–Trinajstić information content (AvgIpc) is 2.54. The van der Waals surface area contributed by atoms with Gasteiger partial charge in [0.05, 0.1) is 11.6 Å². The first-order chi connectivity index (χ1) is 7.79. The Morgan fingerprint density at radius 1 is 1.19 bits per heavy atom. The van der Waals surface area contributed by atoms with Crippen molar-refractivity contribution in [3.8, 4) is 6.07 Å². The van der Waals surface area contributed by atoms with Gasteiger partial charge in [-0.15, -0.1) is 0 Å². The van der Waals surface area contributed by atoms with Crippen LogP contribution in [0.25, 0.3) is 5.57 Å². The fourth-order valence-corrected chi connectivity index (χ4v) is 1.90. The fourth-order valence-electron chi connectivity index (χ4n) is 1.90. The lowest BCUT2D eigenvalue weighted by atomic mass is 10.0. The lowest BCUT2D eigenvalue weighted by Crippen LogP contribution is -2.20. The van der Waals surface area contributed by atoms with E-state index in [1.165, 1.54) is 11.1 Å². The van der Waals surface area contributed by atoms with Crippen molar-refractivity contribution in [3.05, 3.63) is 41.5 Å². The maximum atomic E-state index is 8.73. The van der Waals surface area contributed by atoms with E-state index < -0.39 is 0 Å². The molecule has 0 bridgehead atoms. The molecular weight excluding hydrogens is 195 g/mol. The van der Waals surface area contributed by atoms with E-state index in [9.17, 15) is 0 Å². The third kappa shape index (κ3) is 2.53. The molecule has 78 valence electrons. The minimum Gasteiger partial charge on any atom is -0.353 e. The molecule has 2 nitrogen and oxygen atoms in total. The topological polar surface area (TPSA) is 27.0 Å². The highest BCUT2D eigenvalue weighted by Crippen LogP contribution is 2.21. The summed E-state index contributed by atoms with van der Waals surface area (Å²) >= 11 is 0. The van der Waals surface area contributed by atoms with Crippen LogP contribution in [0.2, 0.25) is 0 Å². The molecule has 1 aliphatic heterocycles. The van der Waals surface area contributed by atoms with Gasteiger partial charge in [0, 0.05) is 0 Å². The van der Waals surface area contributed by atoms with E-state index in [1.807, 2.05) is 29.1 Å². The summed E-state index contributed by atoms with van der Waals surface area (Å²) in [6, 6.07) is 9.87. The number of nitriles is 1. The monoisotopic (exact) mass is 208 g/mol. The summed E-state index contributed by atoms with van der Waals surface area (Å²) in [6.45, 7) is 1.81. The molecule has 16 heavy (non-hydrogen) atoms. The van der Waals surface area contributed by atoms with Crippen LogP contribution in [-0.2, 0) is 0 Å². The molecule has 2 rings (SSSR count). The first-order valence-electron chi connectivity index (χ1n) is 5.49. The van der Waals surface area contributed by atoms with Gasteiger partial charge < -0.3 is 4.81 Å². The molecule has 0 saturated carbocycles. The minimum absolute atomic E-state index is 0.707. The first kappa shape index (κ1) is 11.0. The van der Waals surface area contributed by atoms with E-state index in [-0.39, 0.29) is 0 Å². The Kier molecular flexibility index (Phi) is 3.43. The molecule has 1 aromatic carbocycles. The van der Waals surface area contributed by atoms with Gasteiger partial charge in [-0.2, -0.15) is 5.26 Å². The zero-order valence-corrected chi connectivity index (χ0v) is 9.19. The Labute approximate surface area is 97.6 Å². The predicted molar refractivity (Wildman–Crippen MR) is 65.7 cm³/mol. The highest BCUT2D eigenvalue weighted by molar-refractivity contribution is 6.04. The maximum absolute atomic E-state index is 8.73.